The maximum Gasteiger partial charge on any atom is 0.261 e. The lowest BCUT2D eigenvalue weighted by molar-refractivity contribution is -0.116. The van der Waals surface area contributed by atoms with E-state index in [-0.39, 0.29) is 30.7 Å². The summed E-state index contributed by atoms with van der Waals surface area (Å²) >= 11 is 6.03. The first-order valence-corrected chi connectivity index (χ1v) is 8.36. The average Bonchev–Trinajstić information content (AvgIpc) is 2.83. The summed E-state index contributed by atoms with van der Waals surface area (Å²) < 4.78 is 0. The first kappa shape index (κ1) is 17.2. The molecule has 0 bridgehead atoms. The molecule has 2 aromatic carbocycles. The number of fused-ring (bicyclic) bond motifs is 1. The van der Waals surface area contributed by atoms with E-state index in [1.807, 2.05) is 13.0 Å². The van der Waals surface area contributed by atoms with Gasteiger partial charge in [0.2, 0.25) is 5.91 Å². The molecule has 0 aliphatic carbocycles. The molecule has 0 saturated heterocycles. The highest BCUT2D eigenvalue weighted by atomic mass is 35.5. The molecule has 0 unspecified atom stereocenters. The van der Waals surface area contributed by atoms with Crippen molar-refractivity contribution < 1.29 is 14.4 Å². The summed E-state index contributed by atoms with van der Waals surface area (Å²) in [6.45, 7) is 2.10. The van der Waals surface area contributed by atoms with Crippen LogP contribution in [0.25, 0.3) is 0 Å². The number of carbonyl (C=O) groups excluding carboxylic acids is 3. The zero-order valence-corrected chi connectivity index (χ0v) is 14.5. The van der Waals surface area contributed by atoms with E-state index < -0.39 is 0 Å². The zero-order valence-electron chi connectivity index (χ0n) is 13.7. The van der Waals surface area contributed by atoms with Gasteiger partial charge in [-0.3, -0.25) is 19.3 Å². The molecule has 0 atom stereocenters. The van der Waals surface area contributed by atoms with Crippen molar-refractivity contribution in [2.45, 2.75) is 19.8 Å². The number of anilines is 1. The molecule has 0 aromatic heterocycles. The van der Waals surface area contributed by atoms with Crippen molar-refractivity contribution in [1.29, 1.82) is 0 Å². The monoisotopic (exact) mass is 356 g/mol. The summed E-state index contributed by atoms with van der Waals surface area (Å²) in [5.41, 5.74) is 2.41. The highest BCUT2D eigenvalue weighted by Gasteiger charge is 2.34. The molecule has 0 saturated carbocycles. The highest BCUT2D eigenvalue weighted by molar-refractivity contribution is 6.31. The smallest absolute Gasteiger partial charge is 0.261 e. The fraction of sp³-hybridized carbons (Fsp3) is 0.211. The van der Waals surface area contributed by atoms with Crippen molar-refractivity contribution in [2.75, 3.05) is 11.9 Å². The molecule has 3 amide bonds. The summed E-state index contributed by atoms with van der Waals surface area (Å²) in [4.78, 5) is 37.7. The topological polar surface area (TPSA) is 66.5 Å². The minimum Gasteiger partial charge on any atom is -0.326 e. The molecule has 1 aliphatic rings. The highest BCUT2D eigenvalue weighted by Crippen LogP contribution is 2.23. The maximum absolute atomic E-state index is 12.2. The summed E-state index contributed by atoms with van der Waals surface area (Å²) in [6.07, 6.45) is 0.607. The molecule has 6 heteroatoms. The van der Waals surface area contributed by atoms with Crippen LogP contribution in [0.2, 0.25) is 5.02 Å². The van der Waals surface area contributed by atoms with E-state index in [9.17, 15) is 14.4 Å². The van der Waals surface area contributed by atoms with Crippen molar-refractivity contribution in [3.05, 3.63) is 64.2 Å². The number of nitrogens with one attached hydrogen (secondary N) is 1. The van der Waals surface area contributed by atoms with Crippen LogP contribution in [0.5, 0.6) is 0 Å². The lowest BCUT2D eigenvalue weighted by atomic mass is 10.1. The third-order valence-electron chi connectivity index (χ3n) is 4.12. The van der Waals surface area contributed by atoms with Crippen LogP contribution in [0.15, 0.2) is 42.5 Å². The zero-order chi connectivity index (χ0) is 18.0. The molecule has 3 rings (SSSR count). The Hall–Kier alpha value is -2.66. The molecular weight excluding hydrogens is 340 g/mol. The van der Waals surface area contributed by atoms with Gasteiger partial charge >= 0.3 is 0 Å². The predicted molar refractivity (Wildman–Crippen MR) is 95.9 cm³/mol. The van der Waals surface area contributed by atoms with Gasteiger partial charge in [-0.05, 0) is 43.2 Å². The van der Waals surface area contributed by atoms with Crippen molar-refractivity contribution >= 4 is 35.0 Å². The first-order valence-electron chi connectivity index (χ1n) is 7.98. The van der Waals surface area contributed by atoms with Gasteiger partial charge in [-0.2, -0.15) is 0 Å². The SMILES string of the molecule is Cc1ccc(NC(=O)CCCN2C(=O)c3ccccc3C2=O)cc1Cl. The predicted octanol–water partition coefficient (Wildman–Crippen LogP) is 3.66. The van der Waals surface area contributed by atoms with Crippen LogP contribution in [-0.4, -0.2) is 29.2 Å². The lowest BCUT2D eigenvalue weighted by Gasteiger charge is -2.13. The third-order valence-corrected chi connectivity index (χ3v) is 4.53. The third kappa shape index (κ3) is 3.56. The fourth-order valence-corrected chi connectivity index (χ4v) is 2.91. The average molecular weight is 357 g/mol. The van der Waals surface area contributed by atoms with Gasteiger partial charge < -0.3 is 5.32 Å². The number of aryl methyl sites for hydroxylation is 1. The van der Waals surface area contributed by atoms with Crippen LogP contribution in [-0.2, 0) is 4.79 Å². The van der Waals surface area contributed by atoms with Crippen molar-refractivity contribution in [3.8, 4) is 0 Å². The largest absolute Gasteiger partial charge is 0.326 e. The number of hydrogen-bond donors (Lipinski definition) is 1. The van der Waals surface area contributed by atoms with Crippen LogP contribution in [0.4, 0.5) is 5.69 Å². The van der Waals surface area contributed by atoms with Crippen LogP contribution in [0.1, 0.15) is 39.1 Å². The van der Waals surface area contributed by atoms with E-state index in [0.717, 1.165) is 5.56 Å². The summed E-state index contributed by atoms with van der Waals surface area (Å²) in [5.74, 6) is -0.783. The lowest BCUT2D eigenvalue weighted by Crippen LogP contribution is -2.31. The number of halogens is 1. The quantitative estimate of drug-likeness (QED) is 0.831. The Bertz CT molecular complexity index is 828. The molecule has 2 aromatic rings. The fourth-order valence-electron chi connectivity index (χ4n) is 2.73. The number of amides is 3. The Balaban J connectivity index is 1.53. The molecule has 25 heavy (non-hydrogen) atoms. The number of benzene rings is 2. The normalized spacial score (nSPS) is 13.1. The van der Waals surface area contributed by atoms with Crippen molar-refractivity contribution in [3.63, 3.8) is 0 Å². The van der Waals surface area contributed by atoms with Gasteiger partial charge in [-0.15, -0.1) is 0 Å². The Morgan fingerprint density at radius 1 is 1.08 bits per heavy atom. The van der Waals surface area contributed by atoms with E-state index >= 15 is 0 Å². The summed E-state index contributed by atoms with van der Waals surface area (Å²) in [5, 5.41) is 3.35. The number of rotatable bonds is 5. The summed E-state index contributed by atoms with van der Waals surface area (Å²) in [6, 6.07) is 12.0. The molecule has 1 aliphatic heterocycles. The van der Waals surface area contributed by atoms with Gasteiger partial charge in [0.05, 0.1) is 11.1 Å². The minimum absolute atomic E-state index is 0.184. The standard InChI is InChI=1S/C19H17ClN2O3/c1-12-8-9-13(11-16(12)20)21-17(23)7-4-10-22-18(24)14-5-2-3-6-15(14)19(22)25/h2-3,5-6,8-9,11H,4,7,10H2,1H3,(H,21,23). The van der Waals surface area contributed by atoms with Gasteiger partial charge in [0.25, 0.3) is 11.8 Å². The second-order valence-electron chi connectivity index (χ2n) is 5.92. The van der Waals surface area contributed by atoms with Gasteiger partial charge in [-0.25, -0.2) is 0 Å². The number of nitrogens with zero attached hydrogens (tertiary/aromatic N) is 1. The van der Waals surface area contributed by atoms with E-state index in [4.69, 9.17) is 11.6 Å². The second-order valence-corrected chi connectivity index (χ2v) is 6.33. The van der Waals surface area contributed by atoms with E-state index in [0.29, 0.717) is 28.3 Å². The molecule has 0 radical (unpaired) electrons. The Labute approximate surface area is 150 Å². The number of hydrogen-bond acceptors (Lipinski definition) is 3. The number of imide groups is 1. The molecule has 1 N–H and O–H groups in total. The second kappa shape index (κ2) is 7.07. The molecule has 1 heterocycles. The molecule has 128 valence electrons. The van der Waals surface area contributed by atoms with Crippen molar-refractivity contribution in [1.82, 2.24) is 4.90 Å². The Kier molecular flexibility index (Phi) is 4.86. The van der Waals surface area contributed by atoms with E-state index in [1.165, 1.54) is 4.90 Å². The molecular formula is C19H17ClN2O3. The van der Waals surface area contributed by atoms with Crippen LogP contribution in [0.3, 0.4) is 0 Å². The Morgan fingerprint density at radius 2 is 1.72 bits per heavy atom. The number of carbonyl (C=O) groups is 3. The van der Waals surface area contributed by atoms with Gasteiger partial charge in [0.1, 0.15) is 0 Å². The van der Waals surface area contributed by atoms with Crippen LogP contribution < -0.4 is 5.32 Å². The van der Waals surface area contributed by atoms with E-state index in [1.54, 1.807) is 36.4 Å². The van der Waals surface area contributed by atoms with Gasteiger partial charge in [-0.1, -0.05) is 29.8 Å². The van der Waals surface area contributed by atoms with Crippen molar-refractivity contribution in [2.24, 2.45) is 0 Å². The van der Waals surface area contributed by atoms with Crippen LogP contribution in [0, 0.1) is 6.92 Å². The Morgan fingerprint density at radius 3 is 2.32 bits per heavy atom. The minimum atomic E-state index is -0.300. The van der Waals surface area contributed by atoms with Gasteiger partial charge in [0.15, 0.2) is 0 Å². The first-order chi connectivity index (χ1) is 12.0. The van der Waals surface area contributed by atoms with Gasteiger partial charge in [0, 0.05) is 23.7 Å². The van der Waals surface area contributed by atoms with E-state index in [2.05, 4.69) is 5.32 Å². The molecule has 0 fully saturated rings. The molecule has 0 spiro atoms. The van der Waals surface area contributed by atoms with Crippen LogP contribution >= 0.6 is 11.6 Å². The molecule has 5 nitrogen and oxygen atoms in total. The summed E-state index contributed by atoms with van der Waals surface area (Å²) in [7, 11) is 0. The maximum atomic E-state index is 12.2.